The van der Waals surface area contributed by atoms with E-state index in [0.29, 0.717) is 0 Å². The SMILES string of the molecule is CCCCCCCCCCCCCCCCCC(=O)[O-].O=C([O-])O.[Na+].[Na+]. The maximum Gasteiger partial charge on any atom is 1.00 e. The van der Waals surface area contributed by atoms with Gasteiger partial charge in [-0.05, 0) is 12.8 Å². The molecular formula is C19H36Na2O5. The van der Waals surface area contributed by atoms with E-state index in [0.717, 1.165) is 12.8 Å². The second-order valence-corrected chi connectivity index (χ2v) is 6.34. The van der Waals surface area contributed by atoms with Gasteiger partial charge in [-0.3, -0.25) is 0 Å². The van der Waals surface area contributed by atoms with Crippen LogP contribution in [0, 0.1) is 0 Å². The molecule has 0 saturated heterocycles. The predicted molar refractivity (Wildman–Crippen MR) is 92.6 cm³/mol. The van der Waals surface area contributed by atoms with E-state index >= 15 is 0 Å². The first-order chi connectivity index (χ1) is 11.5. The van der Waals surface area contributed by atoms with Gasteiger partial charge in [-0.25, -0.2) is 0 Å². The van der Waals surface area contributed by atoms with E-state index in [9.17, 15) is 9.90 Å². The van der Waals surface area contributed by atoms with Crippen LogP contribution in [0.25, 0.3) is 0 Å². The zero-order valence-corrected chi connectivity index (χ0v) is 21.4. The molecule has 0 bridgehead atoms. The number of rotatable bonds is 16. The van der Waals surface area contributed by atoms with Gasteiger partial charge in [0.15, 0.2) is 0 Å². The molecule has 0 aromatic rings. The Bertz CT molecular complexity index is 285. The van der Waals surface area contributed by atoms with Gasteiger partial charge in [-0.2, -0.15) is 0 Å². The Balaban J connectivity index is -0.000000363. The van der Waals surface area contributed by atoms with Crippen LogP contribution in [0.4, 0.5) is 4.79 Å². The summed E-state index contributed by atoms with van der Waals surface area (Å²) in [6.45, 7) is 2.27. The summed E-state index contributed by atoms with van der Waals surface area (Å²) in [5.41, 5.74) is 0. The number of carbonyl (C=O) groups excluding carboxylic acids is 1. The molecule has 0 radical (unpaired) electrons. The fourth-order valence-corrected chi connectivity index (χ4v) is 2.64. The van der Waals surface area contributed by atoms with E-state index in [4.69, 9.17) is 15.0 Å². The number of carboxylic acids is 1. The van der Waals surface area contributed by atoms with Crippen molar-refractivity contribution in [3.05, 3.63) is 0 Å². The first kappa shape index (κ1) is 34.3. The number of hydrogen-bond acceptors (Lipinski definition) is 4. The van der Waals surface area contributed by atoms with Gasteiger partial charge >= 0.3 is 59.1 Å². The molecule has 1 N–H and O–H groups in total. The van der Waals surface area contributed by atoms with Crippen molar-refractivity contribution in [2.24, 2.45) is 0 Å². The molecular weight excluding hydrogens is 354 g/mol. The van der Waals surface area contributed by atoms with Crippen LogP contribution < -0.4 is 69.3 Å². The van der Waals surface area contributed by atoms with Crippen LogP contribution in [0.3, 0.4) is 0 Å². The van der Waals surface area contributed by atoms with Crippen molar-refractivity contribution in [1.82, 2.24) is 0 Å². The van der Waals surface area contributed by atoms with Gasteiger partial charge in [0.05, 0.1) is 0 Å². The van der Waals surface area contributed by atoms with Crippen LogP contribution in [-0.2, 0) is 4.79 Å². The first-order valence-electron chi connectivity index (χ1n) is 9.60. The molecule has 0 spiro atoms. The van der Waals surface area contributed by atoms with Crippen molar-refractivity contribution >= 4 is 12.1 Å². The molecule has 0 aliphatic rings. The van der Waals surface area contributed by atoms with Crippen LogP contribution >= 0.6 is 0 Å². The van der Waals surface area contributed by atoms with E-state index in [1.807, 2.05) is 0 Å². The van der Waals surface area contributed by atoms with E-state index in [1.54, 1.807) is 0 Å². The molecule has 5 nitrogen and oxygen atoms in total. The van der Waals surface area contributed by atoms with Crippen molar-refractivity contribution < 1.29 is 84.0 Å². The van der Waals surface area contributed by atoms with Gasteiger partial charge in [0.25, 0.3) is 0 Å². The smallest absolute Gasteiger partial charge is 0.565 e. The molecule has 0 rings (SSSR count). The Labute approximate surface area is 204 Å². The van der Waals surface area contributed by atoms with E-state index < -0.39 is 12.1 Å². The normalized spacial score (nSPS) is 9.27. The van der Waals surface area contributed by atoms with Gasteiger partial charge in [0.2, 0.25) is 6.16 Å². The van der Waals surface area contributed by atoms with E-state index in [2.05, 4.69) is 6.92 Å². The zero-order chi connectivity index (χ0) is 18.5. The van der Waals surface area contributed by atoms with Crippen molar-refractivity contribution in [3.63, 3.8) is 0 Å². The Morgan fingerprint density at radius 1 is 0.615 bits per heavy atom. The Morgan fingerprint density at radius 2 is 0.846 bits per heavy atom. The predicted octanol–water partition coefficient (Wildman–Crippen LogP) is -2.11. The number of carboxylic acid groups (broad SMARTS) is 3. The third-order valence-electron chi connectivity index (χ3n) is 3.98. The third-order valence-corrected chi connectivity index (χ3v) is 3.98. The molecule has 0 atom stereocenters. The number of aliphatic carboxylic acids is 1. The van der Waals surface area contributed by atoms with Crippen LogP contribution in [0.2, 0.25) is 0 Å². The van der Waals surface area contributed by atoms with Crippen LogP contribution in [0.15, 0.2) is 0 Å². The van der Waals surface area contributed by atoms with E-state index in [-0.39, 0.29) is 65.5 Å². The average Bonchev–Trinajstić information content (AvgIpc) is 2.50. The van der Waals surface area contributed by atoms with Crippen LogP contribution in [0.1, 0.15) is 110 Å². The molecule has 0 aromatic heterocycles. The second-order valence-electron chi connectivity index (χ2n) is 6.34. The van der Waals surface area contributed by atoms with Gasteiger partial charge < -0.3 is 24.9 Å². The van der Waals surface area contributed by atoms with Crippen molar-refractivity contribution in [2.45, 2.75) is 110 Å². The fraction of sp³-hybridized carbons (Fsp3) is 0.895. The molecule has 0 aliphatic heterocycles. The van der Waals surface area contributed by atoms with Crippen molar-refractivity contribution in [2.75, 3.05) is 0 Å². The molecule has 0 amide bonds. The van der Waals surface area contributed by atoms with Gasteiger partial charge in [0, 0.05) is 5.97 Å². The Morgan fingerprint density at radius 3 is 1.08 bits per heavy atom. The maximum absolute atomic E-state index is 10.2. The quantitative estimate of drug-likeness (QED) is 0.240. The van der Waals surface area contributed by atoms with Gasteiger partial charge in [-0.1, -0.05) is 96.8 Å². The minimum absolute atomic E-state index is 0. The fourth-order valence-electron chi connectivity index (χ4n) is 2.64. The number of carbonyl (C=O) groups is 2. The molecule has 0 heterocycles. The third kappa shape index (κ3) is 44.3. The monoisotopic (exact) mass is 390 g/mol. The maximum atomic E-state index is 10.2. The summed E-state index contributed by atoms with van der Waals surface area (Å²) in [6.07, 6.45) is 17.8. The van der Waals surface area contributed by atoms with Crippen LogP contribution in [0.5, 0.6) is 0 Å². The largest absolute Gasteiger partial charge is 1.00 e. The van der Waals surface area contributed by atoms with E-state index in [1.165, 1.54) is 83.5 Å². The summed E-state index contributed by atoms with van der Waals surface area (Å²) < 4.78 is 0. The molecule has 26 heavy (non-hydrogen) atoms. The Kier molecular flexibility index (Phi) is 40.1. The van der Waals surface area contributed by atoms with Crippen LogP contribution in [-0.4, -0.2) is 17.2 Å². The first-order valence-corrected chi connectivity index (χ1v) is 9.60. The minimum Gasteiger partial charge on any atom is -0.565 e. The second kappa shape index (κ2) is 30.5. The molecule has 0 fully saturated rings. The summed E-state index contributed by atoms with van der Waals surface area (Å²) in [6, 6.07) is 0. The average molecular weight is 390 g/mol. The van der Waals surface area contributed by atoms with Crippen molar-refractivity contribution in [1.29, 1.82) is 0 Å². The summed E-state index contributed by atoms with van der Waals surface area (Å²) in [5, 5.41) is 25.5. The van der Waals surface area contributed by atoms with Gasteiger partial charge in [0.1, 0.15) is 0 Å². The number of hydrogen-bond donors (Lipinski definition) is 1. The summed E-state index contributed by atoms with van der Waals surface area (Å²) >= 11 is 0. The molecule has 7 heteroatoms. The standard InChI is InChI=1S/C18H36O2.CH2O3.2Na/c1-2-3-4-5-6-7-8-9-10-11-12-13-14-15-16-17-18(19)20;2-1(3)4;;/h2-17H2,1H3,(H,19,20);(H2,2,3,4);;/q;;2*+1/p-2. The Hall–Kier alpha value is 0.740. The molecule has 0 unspecified atom stereocenters. The number of unbranched alkanes of at least 4 members (excludes halogenated alkanes) is 14. The summed E-state index contributed by atoms with van der Waals surface area (Å²) in [4.78, 5) is 18.7. The molecule has 0 saturated carbocycles. The van der Waals surface area contributed by atoms with Gasteiger partial charge in [-0.15, -0.1) is 0 Å². The molecule has 0 aliphatic carbocycles. The zero-order valence-electron chi connectivity index (χ0n) is 17.4. The molecule has 0 aromatic carbocycles. The minimum atomic E-state index is -2.08. The topological polar surface area (TPSA) is 100 Å². The van der Waals surface area contributed by atoms with Crippen molar-refractivity contribution in [3.8, 4) is 0 Å². The molecule has 144 valence electrons. The summed E-state index contributed by atoms with van der Waals surface area (Å²) in [7, 11) is 0. The summed E-state index contributed by atoms with van der Waals surface area (Å²) in [5.74, 6) is -0.903.